The second kappa shape index (κ2) is 8.02. The van der Waals surface area contributed by atoms with Crippen molar-refractivity contribution in [1.29, 1.82) is 0 Å². The predicted octanol–water partition coefficient (Wildman–Crippen LogP) is 3.38. The molecule has 0 spiro atoms. The first-order chi connectivity index (χ1) is 15.4. The highest BCUT2D eigenvalue weighted by atomic mass is 19.1. The summed E-state index contributed by atoms with van der Waals surface area (Å²) < 4.78 is 17.7. The number of fused-ring (bicyclic) bond motifs is 2. The zero-order chi connectivity index (χ0) is 22.4. The molecule has 1 fully saturated rings. The molecule has 1 atom stereocenters. The van der Waals surface area contributed by atoms with Crippen molar-refractivity contribution in [2.45, 2.75) is 33.2 Å². The fraction of sp³-hybridized carbons (Fsp3) is 0.375. The van der Waals surface area contributed by atoms with Gasteiger partial charge in [-0.05, 0) is 45.0 Å². The Morgan fingerprint density at radius 3 is 2.75 bits per heavy atom. The smallest absolute Gasteiger partial charge is 0.258 e. The number of aromatic nitrogens is 4. The maximum atomic E-state index is 14.5. The van der Waals surface area contributed by atoms with Gasteiger partial charge in [0.25, 0.3) is 5.56 Å². The SMILES string of the molecule is CCCN1CCN(c2ccc3nc(-c4cc(F)c5nc(C)cn5c4)cc(=O)n3c2)C[C@@H]1C. The molecule has 0 amide bonds. The molecule has 4 aromatic heterocycles. The third-order valence-electron chi connectivity index (χ3n) is 6.21. The number of hydrogen-bond donors (Lipinski definition) is 0. The molecule has 0 bridgehead atoms. The van der Waals surface area contributed by atoms with Crippen molar-refractivity contribution in [2.75, 3.05) is 31.1 Å². The molecule has 8 heteroatoms. The van der Waals surface area contributed by atoms with Crippen LogP contribution in [0.1, 0.15) is 26.0 Å². The zero-order valence-electron chi connectivity index (χ0n) is 18.6. The van der Waals surface area contributed by atoms with E-state index in [2.05, 4.69) is 33.6 Å². The molecule has 7 nitrogen and oxygen atoms in total. The minimum atomic E-state index is -0.440. The molecular formula is C24H27FN6O. The molecule has 0 saturated carbocycles. The molecule has 0 radical (unpaired) electrons. The number of pyridine rings is 2. The van der Waals surface area contributed by atoms with Crippen molar-refractivity contribution in [3.63, 3.8) is 0 Å². The van der Waals surface area contributed by atoms with Crippen molar-refractivity contribution in [3.05, 3.63) is 64.7 Å². The first-order valence-electron chi connectivity index (χ1n) is 11.1. The summed E-state index contributed by atoms with van der Waals surface area (Å²) in [5.41, 5.74) is 3.34. The van der Waals surface area contributed by atoms with Gasteiger partial charge in [-0.25, -0.2) is 14.4 Å². The fourth-order valence-corrected chi connectivity index (χ4v) is 4.60. The lowest BCUT2D eigenvalue weighted by Gasteiger charge is -2.40. The van der Waals surface area contributed by atoms with Crippen molar-refractivity contribution in [2.24, 2.45) is 0 Å². The van der Waals surface area contributed by atoms with E-state index in [4.69, 9.17) is 0 Å². The van der Waals surface area contributed by atoms with Gasteiger partial charge in [-0.15, -0.1) is 0 Å². The average Bonchev–Trinajstić information content (AvgIpc) is 3.16. The van der Waals surface area contributed by atoms with Crippen LogP contribution in [0.4, 0.5) is 10.1 Å². The molecule has 4 aromatic rings. The summed E-state index contributed by atoms with van der Waals surface area (Å²) in [6.45, 7) is 10.3. The van der Waals surface area contributed by atoms with Gasteiger partial charge in [0.05, 0.1) is 17.1 Å². The summed E-state index contributed by atoms with van der Waals surface area (Å²) in [6.07, 6.45) is 6.52. The number of piperazine rings is 1. The van der Waals surface area contributed by atoms with Gasteiger partial charge in [0, 0.05) is 55.9 Å². The second-order valence-electron chi connectivity index (χ2n) is 8.62. The second-order valence-corrected chi connectivity index (χ2v) is 8.62. The number of aryl methyl sites for hydroxylation is 1. The normalized spacial score (nSPS) is 17.5. The van der Waals surface area contributed by atoms with E-state index in [0.29, 0.717) is 22.9 Å². The van der Waals surface area contributed by atoms with E-state index in [9.17, 15) is 9.18 Å². The Morgan fingerprint density at radius 1 is 1.12 bits per heavy atom. The highest BCUT2D eigenvalue weighted by Crippen LogP contribution is 2.23. The van der Waals surface area contributed by atoms with Gasteiger partial charge in [-0.1, -0.05) is 6.92 Å². The van der Waals surface area contributed by atoms with E-state index >= 15 is 0 Å². The van der Waals surface area contributed by atoms with Gasteiger partial charge in [-0.3, -0.25) is 14.1 Å². The Labute approximate surface area is 185 Å². The number of rotatable bonds is 4. The van der Waals surface area contributed by atoms with Crippen LogP contribution in [0.5, 0.6) is 0 Å². The van der Waals surface area contributed by atoms with E-state index in [1.54, 1.807) is 21.2 Å². The first kappa shape index (κ1) is 20.6. The van der Waals surface area contributed by atoms with Crippen LogP contribution in [0.2, 0.25) is 0 Å². The van der Waals surface area contributed by atoms with Gasteiger partial charge in [0.2, 0.25) is 0 Å². The van der Waals surface area contributed by atoms with E-state index in [-0.39, 0.29) is 11.2 Å². The van der Waals surface area contributed by atoms with E-state index < -0.39 is 5.82 Å². The largest absolute Gasteiger partial charge is 0.367 e. The molecule has 0 aliphatic carbocycles. The van der Waals surface area contributed by atoms with Crippen molar-refractivity contribution >= 4 is 17.0 Å². The van der Waals surface area contributed by atoms with Crippen LogP contribution in [0.25, 0.3) is 22.6 Å². The summed E-state index contributed by atoms with van der Waals surface area (Å²) in [7, 11) is 0. The Hall–Kier alpha value is -3.26. The monoisotopic (exact) mass is 434 g/mol. The molecule has 5 rings (SSSR count). The standard InChI is InChI=1S/C24H27FN6O/c1-4-7-28-8-9-29(13-17(28)3)19-5-6-22-27-21(11-23(32)31(22)15-19)18-10-20(25)24-26-16(2)12-30(24)14-18/h5-6,10-12,14-15,17H,4,7-9,13H2,1-3H3/t17-/m0/s1. The maximum Gasteiger partial charge on any atom is 0.258 e. The molecule has 1 aliphatic heterocycles. The zero-order valence-corrected chi connectivity index (χ0v) is 18.6. The van der Waals surface area contributed by atoms with Gasteiger partial charge in [-0.2, -0.15) is 0 Å². The third kappa shape index (κ3) is 3.64. The van der Waals surface area contributed by atoms with Crippen molar-refractivity contribution in [3.8, 4) is 11.3 Å². The lowest BCUT2D eigenvalue weighted by Crippen LogP contribution is -2.52. The first-order valence-corrected chi connectivity index (χ1v) is 11.1. The molecule has 0 unspecified atom stereocenters. The maximum absolute atomic E-state index is 14.5. The number of nitrogens with zero attached hydrogens (tertiary/aromatic N) is 6. The topological polar surface area (TPSA) is 58.2 Å². The molecule has 0 N–H and O–H groups in total. The van der Waals surface area contributed by atoms with Crippen LogP contribution < -0.4 is 10.5 Å². The minimum Gasteiger partial charge on any atom is -0.367 e. The third-order valence-corrected chi connectivity index (χ3v) is 6.21. The summed E-state index contributed by atoms with van der Waals surface area (Å²) in [5.74, 6) is -0.440. The Kier molecular flexibility index (Phi) is 5.17. The fourth-order valence-electron chi connectivity index (χ4n) is 4.60. The molecule has 0 aromatic carbocycles. The lowest BCUT2D eigenvalue weighted by molar-refractivity contribution is 0.190. The highest BCUT2D eigenvalue weighted by Gasteiger charge is 2.23. The highest BCUT2D eigenvalue weighted by molar-refractivity contribution is 5.64. The molecular weight excluding hydrogens is 407 g/mol. The average molecular weight is 435 g/mol. The number of imidazole rings is 1. The summed E-state index contributed by atoms with van der Waals surface area (Å²) in [4.78, 5) is 26.6. The Balaban J connectivity index is 1.49. The van der Waals surface area contributed by atoms with Crippen LogP contribution >= 0.6 is 0 Å². The van der Waals surface area contributed by atoms with Gasteiger partial charge in [0.1, 0.15) is 5.65 Å². The Morgan fingerprint density at radius 2 is 1.97 bits per heavy atom. The van der Waals surface area contributed by atoms with Crippen molar-refractivity contribution in [1.82, 2.24) is 23.7 Å². The lowest BCUT2D eigenvalue weighted by atomic mass is 10.1. The minimum absolute atomic E-state index is 0.188. The van der Waals surface area contributed by atoms with E-state index in [0.717, 1.165) is 44.0 Å². The van der Waals surface area contributed by atoms with E-state index in [1.165, 1.54) is 12.1 Å². The van der Waals surface area contributed by atoms with Gasteiger partial charge >= 0.3 is 0 Å². The predicted molar refractivity (Wildman–Crippen MR) is 124 cm³/mol. The Bertz CT molecular complexity index is 1360. The molecule has 1 aliphatic rings. The molecule has 1 saturated heterocycles. The molecule has 166 valence electrons. The van der Waals surface area contributed by atoms with Crippen LogP contribution in [0, 0.1) is 12.7 Å². The van der Waals surface area contributed by atoms with Gasteiger partial charge in [0.15, 0.2) is 11.5 Å². The quantitative estimate of drug-likeness (QED) is 0.493. The number of halogens is 1. The van der Waals surface area contributed by atoms with Crippen LogP contribution in [-0.4, -0.2) is 55.9 Å². The summed E-state index contributed by atoms with van der Waals surface area (Å²) in [5, 5.41) is 0. The van der Waals surface area contributed by atoms with Crippen molar-refractivity contribution < 1.29 is 4.39 Å². The van der Waals surface area contributed by atoms with Crippen LogP contribution in [0.3, 0.4) is 0 Å². The summed E-state index contributed by atoms with van der Waals surface area (Å²) >= 11 is 0. The van der Waals surface area contributed by atoms with E-state index in [1.807, 2.05) is 25.3 Å². The van der Waals surface area contributed by atoms with Gasteiger partial charge < -0.3 is 9.30 Å². The van der Waals surface area contributed by atoms with Crippen LogP contribution in [0.15, 0.2) is 47.7 Å². The number of hydrogen-bond acceptors (Lipinski definition) is 5. The number of anilines is 1. The molecule has 5 heterocycles. The molecule has 32 heavy (non-hydrogen) atoms. The summed E-state index contributed by atoms with van der Waals surface area (Å²) in [6, 6.07) is 7.18. The van der Waals surface area contributed by atoms with Crippen LogP contribution in [-0.2, 0) is 0 Å².